The highest BCUT2D eigenvalue weighted by Crippen LogP contribution is 1.87. The molecule has 0 aromatic carbocycles. The molecule has 0 saturated carbocycles. The normalized spacial score (nSPS) is 12.4. The van der Waals surface area contributed by atoms with Crippen LogP contribution in [0.3, 0.4) is 0 Å². The van der Waals surface area contributed by atoms with Crippen molar-refractivity contribution in [3.63, 3.8) is 0 Å². The third kappa shape index (κ3) is 4.65. The van der Waals surface area contributed by atoms with Gasteiger partial charge in [0, 0.05) is 0 Å². The average molecular weight is 141 g/mol. The molecule has 4 heteroatoms. The summed E-state index contributed by atoms with van der Waals surface area (Å²) in [5.41, 5.74) is 0. The van der Waals surface area contributed by atoms with Crippen LogP contribution in [0.4, 0.5) is 0 Å². The summed E-state index contributed by atoms with van der Waals surface area (Å²) < 4.78 is 4.58. The Morgan fingerprint density at radius 3 is 2.90 bits per heavy atom. The second-order valence-electron chi connectivity index (χ2n) is 1.55. The van der Waals surface area contributed by atoms with E-state index < -0.39 is 12.1 Å². The maximum atomic E-state index is 9.82. The molecule has 0 saturated heterocycles. The van der Waals surface area contributed by atoms with Gasteiger partial charge in [0.05, 0.1) is 12.3 Å². The molecule has 0 aromatic rings. The van der Waals surface area contributed by atoms with Crippen LogP contribution in [0.5, 0.6) is 0 Å². The Morgan fingerprint density at radius 1 is 1.90 bits per heavy atom. The van der Waals surface area contributed by atoms with Crippen molar-refractivity contribution in [1.29, 1.82) is 5.26 Å². The van der Waals surface area contributed by atoms with E-state index in [1.165, 1.54) is 6.92 Å². The van der Waals surface area contributed by atoms with E-state index in [-0.39, 0.29) is 0 Å². The van der Waals surface area contributed by atoms with Gasteiger partial charge in [-0.1, -0.05) is 0 Å². The molecule has 10 heavy (non-hydrogen) atoms. The van der Waals surface area contributed by atoms with Crippen LogP contribution in [0.25, 0.3) is 0 Å². The lowest BCUT2D eigenvalue weighted by atomic mass is 10.5. The Hall–Kier alpha value is -1.50. The predicted molar refractivity (Wildman–Crippen MR) is 32.9 cm³/mol. The topological polar surface area (TPSA) is 70.3 Å². The first kappa shape index (κ1) is 8.50. The Bertz CT molecular complexity index is 180. The van der Waals surface area contributed by atoms with Crippen LogP contribution in [0, 0.1) is 11.3 Å². The van der Waals surface area contributed by atoms with Crippen molar-refractivity contribution in [1.82, 2.24) is 0 Å². The number of carboxylic acid groups (broad SMARTS) is 1. The van der Waals surface area contributed by atoms with E-state index >= 15 is 0 Å². The molecule has 4 nitrogen and oxygen atoms in total. The van der Waals surface area contributed by atoms with Crippen LogP contribution in [-0.4, -0.2) is 17.2 Å². The summed E-state index contributed by atoms with van der Waals surface area (Å²) in [5, 5.41) is 16.2. The molecular weight excluding hydrogens is 134 g/mol. The van der Waals surface area contributed by atoms with E-state index in [9.17, 15) is 4.79 Å². The van der Waals surface area contributed by atoms with Crippen molar-refractivity contribution in [3.05, 3.63) is 12.3 Å². The zero-order chi connectivity index (χ0) is 7.98. The van der Waals surface area contributed by atoms with Crippen LogP contribution < -0.4 is 0 Å². The van der Waals surface area contributed by atoms with Crippen LogP contribution >= 0.6 is 0 Å². The van der Waals surface area contributed by atoms with Crippen molar-refractivity contribution in [2.45, 2.75) is 13.0 Å². The monoisotopic (exact) mass is 141 g/mol. The van der Waals surface area contributed by atoms with Gasteiger partial charge in [0.2, 0.25) is 0 Å². The largest absolute Gasteiger partial charge is 0.483 e. The molecule has 0 rings (SSSR count). The molecule has 0 aliphatic carbocycles. The highest BCUT2D eigenvalue weighted by atomic mass is 16.5. The Labute approximate surface area is 58.3 Å². The number of nitriles is 1. The fourth-order valence-electron chi connectivity index (χ4n) is 0.246. The third-order valence-electron chi connectivity index (χ3n) is 0.675. The van der Waals surface area contributed by atoms with Crippen molar-refractivity contribution < 1.29 is 14.6 Å². The SMILES string of the molecule is CC(C#N)OC=CC(=O)O. The lowest BCUT2D eigenvalue weighted by Crippen LogP contribution is -1.99. The Morgan fingerprint density at radius 2 is 2.50 bits per heavy atom. The molecule has 0 bridgehead atoms. The molecule has 0 fully saturated rings. The highest BCUT2D eigenvalue weighted by Gasteiger charge is 1.93. The van der Waals surface area contributed by atoms with Gasteiger partial charge in [-0.05, 0) is 6.92 Å². The smallest absolute Gasteiger partial charge is 0.331 e. The number of nitrogens with zero attached hydrogens (tertiary/aromatic N) is 1. The van der Waals surface area contributed by atoms with E-state index in [4.69, 9.17) is 10.4 Å². The first-order valence-corrected chi connectivity index (χ1v) is 2.61. The van der Waals surface area contributed by atoms with Gasteiger partial charge >= 0.3 is 5.97 Å². The number of hydrogen-bond acceptors (Lipinski definition) is 3. The molecular formula is C6H7NO3. The van der Waals surface area contributed by atoms with Crippen molar-refractivity contribution >= 4 is 5.97 Å². The van der Waals surface area contributed by atoms with Gasteiger partial charge < -0.3 is 9.84 Å². The summed E-state index contributed by atoms with van der Waals surface area (Å²) in [6, 6.07) is 1.77. The first-order valence-electron chi connectivity index (χ1n) is 2.61. The molecule has 0 heterocycles. The van der Waals surface area contributed by atoms with Crippen LogP contribution in [0.2, 0.25) is 0 Å². The zero-order valence-corrected chi connectivity index (χ0v) is 5.44. The molecule has 1 atom stereocenters. The number of hydrogen-bond donors (Lipinski definition) is 1. The summed E-state index contributed by atoms with van der Waals surface area (Å²) in [5.74, 6) is -1.09. The van der Waals surface area contributed by atoms with Gasteiger partial charge in [0.15, 0.2) is 6.10 Å². The van der Waals surface area contributed by atoms with Gasteiger partial charge in [-0.2, -0.15) is 5.26 Å². The number of carboxylic acids is 1. The van der Waals surface area contributed by atoms with Crippen molar-refractivity contribution in [2.24, 2.45) is 0 Å². The standard InChI is InChI=1S/C6H7NO3/c1-5(4-7)10-3-2-6(8)9/h2-3,5H,1H3,(H,8,9). The van der Waals surface area contributed by atoms with E-state index in [0.717, 1.165) is 12.3 Å². The highest BCUT2D eigenvalue weighted by molar-refractivity contribution is 5.79. The number of ether oxygens (including phenoxy) is 1. The van der Waals surface area contributed by atoms with Gasteiger partial charge in [-0.3, -0.25) is 0 Å². The molecule has 0 radical (unpaired) electrons. The minimum Gasteiger partial charge on any atom is -0.483 e. The molecule has 0 aliphatic heterocycles. The average Bonchev–Trinajstić information content (AvgIpc) is 1.87. The molecule has 0 aromatic heterocycles. The quantitative estimate of drug-likeness (QED) is 0.459. The maximum absolute atomic E-state index is 9.82. The van der Waals surface area contributed by atoms with Gasteiger partial charge in [0.25, 0.3) is 0 Å². The summed E-state index contributed by atoms with van der Waals surface area (Å²) in [6.45, 7) is 1.52. The Kier molecular flexibility index (Phi) is 3.73. The lowest BCUT2D eigenvalue weighted by molar-refractivity contribution is -0.131. The van der Waals surface area contributed by atoms with Crippen LogP contribution in [0.15, 0.2) is 12.3 Å². The Balaban J connectivity index is 3.56. The zero-order valence-electron chi connectivity index (χ0n) is 5.44. The third-order valence-corrected chi connectivity index (χ3v) is 0.675. The minimum absolute atomic E-state index is 0.601. The number of rotatable bonds is 3. The maximum Gasteiger partial charge on any atom is 0.331 e. The van der Waals surface area contributed by atoms with E-state index in [1.54, 1.807) is 6.07 Å². The fourth-order valence-corrected chi connectivity index (χ4v) is 0.246. The fraction of sp³-hybridized carbons (Fsp3) is 0.333. The molecule has 0 spiro atoms. The second kappa shape index (κ2) is 4.39. The van der Waals surface area contributed by atoms with Gasteiger partial charge in [-0.25, -0.2) is 4.79 Å². The molecule has 54 valence electrons. The number of carbonyl (C=O) groups is 1. The number of aliphatic carboxylic acids is 1. The lowest BCUT2D eigenvalue weighted by Gasteiger charge is -1.97. The molecule has 0 amide bonds. The summed E-state index contributed by atoms with van der Waals surface area (Å²) in [4.78, 5) is 9.82. The van der Waals surface area contributed by atoms with Gasteiger partial charge in [-0.15, -0.1) is 0 Å². The van der Waals surface area contributed by atoms with Crippen LogP contribution in [-0.2, 0) is 9.53 Å². The van der Waals surface area contributed by atoms with Gasteiger partial charge in [0.1, 0.15) is 6.07 Å². The molecule has 1 unspecified atom stereocenters. The van der Waals surface area contributed by atoms with E-state index in [2.05, 4.69) is 4.74 Å². The summed E-state index contributed by atoms with van der Waals surface area (Å²) in [7, 11) is 0. The predicted octanol–water partition coefficient (Wildman–Crippen LogP) is 0.513. The molecule has 0 aliphatic rings. The summed E-state index contributed by atoms with van der Waals surface area (Å²) in [6.07, 6.45) is 1.21. The summed E-state index contributed by atoms with van der Waals surface area (Å²) >= 11 is 0. The van der Waals surface area contributed by atoms with E-state index in [0.29, 0.717) is 0 Å². The van der Waals surface area contributed by atoms with Crippen molar-refractivity contribution in [2.75, 3.05) is 0 Å². The second-order valence-corrected chi connectivity index (χ2v) is 1.55. The first-order chi connectivity index (χ1) is 4.66. The van der Waals surface area contributed by atoms with Crippen molar-refractivity contribution in [3.8, 4) is 6.07 Å². The molecule has 1 N–H and O–H groups in total. The van der Waals surface area contributed by atoms with Crippen LogP contribution in [0.1, 0.15) is 6.92 Å². The minimum atomic E-state index is -1.09. The van der Waals surface area contributed by atoms with E-state index in [1.807, 2.05) is 0 Å².